The molecule has 0 N–H and O–H groups in total. The zero-order valence-electron chi connectivity index (χ0n) is 15.9. The number of thioether (sulfide) groups is 1. The zero-order chi connectivity index (χ0) is 19.7. The Balaban J connectivity index is 1.95. The summed E-state index contributed by atoms with van der Waals surface area (Å²) in [5, 5.41) is 9.16. The monoisotopic (exact) mass is 392 g/mol. The van der Waals surface area contributed by atoms with Crippen LogP contribution < -0.4 is 9.64 Å². The van der Waals surface area contributed by atoms with Crippen LogP contribution in [0.15, 0.2) is 53.7 Å². The molecule has 4 rings (SSSR count). The average molecular weight is 392 g/mol. The number of anilines is 1. The summed E-state index contributed by atoms with van der Waals surface area (Å²) >= 11 is 1.50. The average Bonchev–Trinajstić information content (AvgIpc) is 2.82. The standard InChI is InChI=1S/C21H20N4O2S/c1-4-28-21-22-19-18(23-24-21)16-10-5-6-11-17(16)25(14(3)26)20(27-19)15-9-7-8-13(2)12-15/h5-12,20H,4H2,1-3H3. The van der Waals surface area contributed by atoms with Gasteiger partial charge in [-0.25, -0.2) is 0 Å². The number of hydrogen-bond donors (Lipinski definition) is 0. The van der Waals surface area contributed by atoms with E-state index >= 15 is 0 Å². The van der Waals surface area contributed by atoms with Gasteiger partial charge in [-0.2, -0.15) is 4.98 Å². The highest BCUT2D eigenvalue weighted by atomic mass is 32.2. The van der Waals surface area contributed by atoms with Gasteiger partial charge in [0.25, 0.3) is 0 Å². The van der Waals surface area contributed by atoms with Gasteiger partial charge < -0.3 is 4.74 Å². The third kappa shape index (κ3) is 3.33. The summed E-state index contributed by atoms with van der Waals surface area (Å²) in [6.07, 6.45) is -0.643. The summed E-state index contributed by atoms with van der Waals surface area (Å²) < 4.78 is 6.32. The highest BCUT2D eigenvalue weighted by molar-refractivity contribution is 7.99. The molecule has 1 atom stereocenters. The first-order valence-electron chi connectivity index (χ1n) is 9.08. The molecule has 0 aliphatic carbocycles. The fraction of sp³-hybridized carbons (Fsp3) is 0.238. The van der Waals surface area contributed by atoms with Crippen LogP contribution in [0.4, 0.5) is 5.69 Å². The van der Waals surface area contributed by atoms with Gasteiger partial charge in [-0.15, -0.1) is 10.2 Å². The molecular weight excluding hydrogens is 372 g/mol. The molecule has 1 aliphatic heterocycles. The second-order valence-electron chi connectivity index (χ2n) is 6.47. The Morgan fingerprint density at radius 1 is 1.18 bits per heavy atom. The van der Waals surface area contributed by atoms with Crippen LogP contribution in [0.5, 0.6) is 5.88 Å². The summed E-state index contributed by atoms with van der Waals surface area (Å²) in [6, 6.07) is 15.6. The molecule has 0 saturated heterocycles. The zero-order valence-corrected chi connectivity index (χ0v) is 16.7. The Morgan fingerprint density at radius 3 is 2.75 bits per heavy atom. The maximum atomic E-state index is 12.7. The van der Waals surface area contributed by atoms with E-state index in [1.807, 2.05) is 62.4 Å². The first kappa shape index (κ1) is 18.4. The minimum absolute atomic E-state index is 0.122. The highest BCUT2D eigenvalue weighted by Crippen LogP contribution is 2.43. The lowest BCUT2D eigenvalue weighted by Gasteiger charge is -2.30. The van der Waals surface area contributed by atoms with Crippen molar-refractivity contribution in [3.05, 3.63) is 59.7 Å². The lowest BCUT2D eigenvalue weighted by Crippen LogP contribution is -2.36. The summed E-state index contributed by atoms with van der Waals surface area (Å²) in [7, 11) is 0. The number of nitrogens with zero attached hydrogens (tertiary/aromatic N) is 4. The summed E-state index contributed by atoms with van der Waals surface area (Å²) in [5.74, 6) is 1.09. The van der Waals surface area contributed by atoms with Gasteiger partial charge in [0.2, 0.25) is 23.2 Å². The van der Waals surface area contributed by atoms with Gasteiger partial charge in [0, 0.05) is 18.1 Å². The second kappa shape index (κ2) is 7.59. The molecule has 0 saturated carbocycles. The van der Waals surface area contributed by atoms with E-state index in [2.05, 4.69) is 15.2 Å². The molecule has 1 aliphatic rings. The first-order valence-corrected chi connectivity index (χ1v) is 10.1. The fourth-order valence-corrected chi connectivity index (χ4v) is 3.79. The Hall–Kier alpha value is -2.93. The molecular formula is C21H20N4O2S. The normalized spacial score (nSPS) is 15.2. The molecule has 142 valence electrons. The minimum atomic E-state index is -0.643. The molecule has 6 nitrogen and oxygen atoms in total. The first-order chi connectivity index (χ1) is 13.6. The van der Waals surface area contributed by atoms with Crippen LogP contribution in [-0.4, -0.2) is 26.8 Å². The Bertz CT molecular complexity index is 1040. The molecule has 1 aromatic heterocycles. The van der Waals surface area contributed by atoms with E-state index < -0.39 is 6.23 Å². The van der Waals surface area contributed by atoms with Crippen molar-refractivity contribution in [1.82, 2.24) is 15.2 Å². The van der Waals surface area contributed by atoms with E-state index in [-0.39, 0.29) is 5.91 Å². The Morgan fingerprint density at radius 2 is 2.00 bits per heavy atom. The number of para-hydroxylation sites is 1. The van der Waals surface area contributed by atoms with Crippen molar-refractivity contribution in [3.8, 4) is 17.1 Å². The number of carbonyl (C=O) groups is 1. The van der Waals surface area contributed by atoms with E-state index in [1.165, 1.54) is 18.7 Å². The smallest absolute Gasteiger partial charge is 0.247 e. The van der Waals surface area contributed by atoms with Gasteiger partial charge in [-0.05, 0) is 18.7 Å². The van der Waals surface area contributed by atoms with Gasteiger partial charge in [0.15, 0.2) is 5.69 Å². The van der Waals surface area contributed by atoms with Crippen molar-refractivity contribution in [3.63, 3.8) is 0 Å². The van der Waals surface area contributed by atoms with E-state index in [1.54, 1.807) is 4.90 Å². The number of hydrogen-bond acceptors (Lipinski definition) is 6. The number of rotatable bonds is 3. The van der Waals surface area contributed by atoms with Crippen LogP contribution in [0.25, 0.3) is 11.3 Å². The van der Waals surface area contributed by atoms with Gasteiger partial charge in [-0.1, -0.05) is 66.7 Å². The molecule has 1 amide bonds. The number of benzene rings is 2. The van der Waals surface area contributed by atoms with Gasteiger partial charge in [0.1, 0.15) is 0 Å². The summed E-state index contributed by atoms with van der Waals surface area (Å²) in [5.41, 5.74) is 4.01. The third-order valence-electron chi connectivity index (χ3n) is 4.45. The van der Waals surface area contributed by atoms with Crippen LogP contribution in [0.2, 0.25) is 0 Å². The SMILES string of the molecule is CCSc1nnc2c(n1)OC(c1cccc(C)c1)N(C(C)=O)c1ccccc1-2. The molecule has 2 heterocycles. The fourth-order valence-electron chi connectivity index (χ4n) is 3.28. The number of ether oxygens (including phenoxy) is 1. The van der Waals surface area contributed by atoms with Crippen LogP contribution in [0.1, 0.15) is 31.2 Å². The van der Waals surface area contributed by atoms with Gasteiger partial charge in [-0.3, -0.25) is 9.69 Å². The maximum absolute atomic E-state index is 12.7. The topological polar surface area (TPSA) is 68.2 Å². The molecule has 2 aromatic carbocycles. The summed E-state index contributed by atoms with van der Waals surface area (Å²) in [6.45, 7) is 5.58. The van der Waals surface area contributed by atoms with Crippen molar-refractivity contribution in [2.45, 2.75) is 32.2 Å². The molecule has 7 heteroatoms. The maximum Gasteiger partial charge on any atom is 0.247 e. The van der Waals surface area contributed by atoms with E-state index in [4.69, 9.17) is 4.74 Å². The van der Waals surface area contributed by atoms with Crippen molar-refractivity contribution in [1.29, 1.82) is 0 Å². The number of amides is 1. The quantitative estimate of drug-likeness (QED) is 0.615. The largest absolute Gasteiger partial charge is 0.447 e. The van der Waals surface area contributed by atoms with E-state index in [9.17, 15) is 4.79 Å². The second-order valence-corrected chi connectivity index (χ2v) is 7.70. The molecule has 0 fully saturated rings. The van der Waals surface area contributed by atoms with Gasteiger partial charge >= 0.3 is 0 Å². The molecule has 1 unspecified atom stereocenters. The Kier molecular flexibility index (Phi) is 5.00. The molecule has 0 spiro atoms. The van der Waals surface area contributed by atoms with E-state index in [0.717, 1.165) is 28.1 Å². The van der Waals surface area contributed by atoms with Crippen LogP contribution in [0, 0.1) is 6.92 Å². The predicted octanol–water partition coefficient (Wildman–Crippen LogP) is 4.40. The van der Waals surface area contributed by atoms with Crippen LogP contribution in [-0.2, 0) is 4.79 Å². The van der Waals surface area contributed by atoms with Crippen molar-refractivity contribution in [2.24, 2.45) is 0 Å². The van der Waals surface area contributed by atoms with Crippen molar-refractivity contribution < 1.29 is 9.53 Å². The van der Waals surface area contributed by atoms with Crippen LogP contribution in [0.3, 0.4) is 0 Å². The number of aromatic nitrogens is 3. The van der Waals surface area contributed by atoms with E-state index in [0.29, 0.717) is 16.7 Å². The summed E-state index contributed by atoms with van der Waals surface area (Å²) in [4.78, 5) is 18.9. The van der Waals surface area contributed by atoms with Crippen molar-refractivity contribution >= 4 is 23.4 Å². The lowest BCUT2D eigenvalue weighted by molar-refractivity contribution is -0.118. The molecule has 28 heavy (non-hydrogen) atoms. The lowest BCUT2D eigenvalue weighted by atomic mass is 10.1. The van der Waals surface area contributed by atoms with Crippen molar-refractivity contribution in [2.75, 3.05) is 10.7 Å². The number of carbonyl (C=O) groups excluding carboxylic acids is 1. The highest BCUT2D eigenvalue weighted by Gasteiger charge is 2.34. The molecule has 0 radical (unpaired) electrons. The van der Waals surface area contributed by atoms with Crippen LogP contribution >= 0.6 is 11.8 Å². The Labute approximate surface area is 168 Å². The predicted molar refractivity (Wildman–Crippen MR) is 109 cm³/mol. The number of aryl methyl sites for hydroxylation is 1. The molecule has 0 bridgehead atoms. The molecule has 3 aromatic rings. The third-order valence-corrected chi connectivity index (χ3v) is 5.17. The number of fused-ring (bicyclic) bond motifs is 3. The van der Waals surface area contributed by atoms with Gasteiger partial charge in [0.05, 0.1) is 5.69 Å². The minimum Gasteiger partial charge on any atom is -0.447 e.